The normalized spacial score (nSPS) is 17.3. The molecule has 1 aromatic rings. The van der Waals surface area contributed by atoms with Crippen LogP contribution in [0.1, 0.15) is 18.4 Å². The summed E-state index contributed by atoms with van der Waals surface area (Å²) in [5.74, 6) is -0.734. The Hall–Kier alpha value is -1.57. The molecule has 0 bridgehead atoms. The van der Waals surface area contributed by atoms with E-state index in [4.69, 9.17) is 16.3 Å². The number of hydrogen-bond acceptors (Lipinski definition) is 3. The molecule has 26 heavy (non-hydrogen) atoms. The summed E-state index contributed by atoms with van der Waals surface area (Å²) in [4.78, 5) is 14.3. The largest absolute Gasteiger partial charge is 0.417 e. The van der Waals surface area contributed by atoms with Crippen LogP contribution in [0, 0.1) is 0 Å². The molecular formula is C18H22ClF3N2O2. The number of hydrogen-bond donors (Lipinski definition) is 1. The van der Waals surface area contributed by atoms with Gasteiger partial charge in [0.15, 0.2) is 0 Å². The number of allylic oxidation sites excluding steroid dienone is 1. The first kappa shape index (κ1) is 20.7. The molecule has 1 heterocycles. The number of carbonyl (C=O) groups is 1. The van der Waals surface area contributed by atoms with Crippen LogP contribution in [-0.2, 0) is 9.53 Å². The van der Waals surface area contributed by atoms with Crippen molar-refractivity contribution in [3.05, 3.63) is 40.9 Å². The fraction of sp³-hybridized carbons (Fsp3) is 0.500. The van der Waals surface area contributed by atoms with Crippen molar-refractivity contribution >= 4 is 23.1 Å². The second kappa shape index (κ2) is 9.39. The van der Waals surface area contributed by atoms with Gasteiger partial charge in [-0.1, -0.05) is 23.7 Å². The summed E-state index contributed by atoms with van der Waals surface area (Å²) in [7, 11) is 1.64. The van der Waals surface area contributed by atoms with Crippen LogP contribution in [-0.4, -0.2) is 56.4 Å². The summed E-state index contributed by atoms with van der Waals surface area (Å²) in [5, 5.41) is 3.01. The van der Waals surface area contributed by atoms with Gasteiger partial charge in [0.2, 0.25) is 5.91 Å². The highest BCUT2D eigenvalue weighted by molar-refractivity contribution is 6.30. The number of likely N-dealkylation sites (tertiary alicyclic amines) is 1. The molecule has 0 atom stereocenters. The number of ether oxygens (including phenoxy) is 1. The Morgan fingerprint density at radius 2 is 1.92 bits per heavy atom. The molecule has 1 fully saturated rings. The second-order valence-corrected chi connectivity index (χ2v) is 6.62. The summed E-state index contributed by atoms with van der Waals surface area (Å²) in [6.45, 7) is 3.00. The van der Waals surface area contributed by atoms with Crippen LogP contribution >= 0.6 is 11.6 Å². The first-order chi connectivity index (χ1) is 12.3. The average molecular weight is 391 g/mol. The molecule has 0 aliphatic carbocycles. The van der Waals surface area contributed by atoms with E-state index in [2.05, 4.69) is 10.2 Å². The van der Waals surface area contributed by atoms with E-state index in [1.165, 1.54) is 24.3 Å². The predicted molar refractivity (Wildman–Crippen MR) is 95.0 cm³/mol. The van der Waals surface area contributed by atoms with E-state index >= 15 is 0 Å². The number of nitrogens with zero attached hydrogens (tertiary/aromatic N) is 1. The Bertz CT molecular complexity index is 624. The predicted octanol–water partition coefficient (Wildman–Crippen LogP) is 3.51. The highest BCUT2D eigenvalue weighted by atomic mass is 35.5. The van der Waals surface area contributed by atoms with E-state index in [1.807, 2.05) is 0 Å². The van der Waals surface area contributed by atoms with Crippen LogP contribution in [0.25, 0.3) is 5.57 Å². The highest BCUT2D eigenvalue weighted by Crippen LogP contribution is 2.34. The van der Waals surface area contributed by atoms with E-state index in [0.29, 0.717) is 30.5 Å². The third kappa shape index (κ3) is 6.30. The minimum Gasteiger partial charge on any atom is -0.383 e. The number of halogens is 4. The van der Waals surface area contributed by atoms with Gasteiger partial charge in [0.25, 0.3) is 0 Å². The third-order valence-electron chi connectivity index (χ3n) is 4.28. The van der Waals surface area contributed by atoms with E-state index in [9.17, 15) is 18.0 Å². The maximum atomic E-state index is 13.3. The van der Waals surface area contributed by atoms with Gasteiger partial charge in [0, 0.05) is 43.9 Å². The molecule has 4 nitrogen and oxygen atoms in total. The first-order valence-corrected chi connectivity index (χ1v) is 8.74. The van der Waals surface area contributed by atoms with E-state index in [1.54, 1.807) is 7.11 Å². The maximum Gasteiger partial charge on any atom is 0.417 e. The summed E-state index contributed by atoms with van der Waals surface area (Å²) in [6.07, 6.45) is -2.60. The van der Waals surface area contributed by atoms with Gasteiger partial charge in [0.05, 0.1) is 12.2 Å². The molecule has 2 rings (SSSR count). The zero-order valence-corrected chi connectivity index (χ0v) is 15.2. The number of piperidine rings is 1. The molecule has 0 spiro atoms. The molecule has 1 saturated heterocycles. The van der Waals surface area contributed by atoms with Gasteiger partial charge >= 0.3 is 6.18 Å². The number of benzene rings is 1. The number of alkyl halides is 3. The van der Waals surface area contributed by atoms with Gasteiger partial charge in [-0.3, -0.25) is 4.79 Å². The molecule has 0 saturated carbocycles. The number of amides is 1. The van der Waals surface area contributed by atoms with Crippen molar-refractivity contribution in [1.29, 1.82) is 0 Å². The van der Waals surface area contributed by atoms with Crippen molar-refractivity contribution in [1.82, 2.24) is 10.2 Å². The molecule has 0 aromatic heterocycles. The number of nitrogens with one attached hydrogen (secondary N) is 1. The van der Waals surface area contributed by atoms with E-state index < -0.39 is 17.7 Å². The van der Waals surface area contributed by atoms with Crippen molar-refractivity contribution in [3.63, 3.8) is 0 Å². The third-order valence-corrected chi connectivity index (χ3v) is 4.53. The van der Waals surface area contributed by atoms with Crippen LogP contribution in [0.5, 0.6) is 0 Å². The molecule has 1 aromatic carbocycles. The molecule has 144 valence electrons. The van der Waals surface area contributed by atoms with Gasteiger partial charge in [0.1, 0.15) is 0 Å². The zero-order valence-electron chi connectivity index (χ0n) is 14.5. The lowest BCUT2D eigenvalue weighted by Gasteiger charge is -2.31. The van der Waals surface area contributed by atoms with Crippen LogP contribution in [0.3, 0.4) is 0 Å². The SMILES string of the molecule is COCCN1CCC(NC(=O)C=C(c2ccc(Cl)cc2)C(F)(F)F)CC1. The molecule has 0 radical (unpaired) electrons. The molecular weight excluding hydrogens is 369 g/mol. The number of carbonyl (C=O) groups excluding carboxylic acids is 1. The number of rotatable bonds is 6. The Morgan fingerprint density at radius 1 is 1.31 bits per heavy atom. The minimum absolute atomic E-state index is 0.0913. The lowest BCUT2D eigenvalue weighted by molar-refractivity contribution is -0.118. The van der Waals surface area contributed by atoms with Crippen LogP contribution in [0.15, 0.2) is 30.3 Å². The Kier molecular flexibility index (Phi) is 7.49. The van der Waals surface area contributed by atoms with Crippen molar-refractivity contribution < 1.29 is 22.7 Å². The standard InChI is InChI=1S/C18H22ClF3N2O2/c1-26-11-10-24-8-6-15(7-9-24)23-17(25)12-16(18(20,21)22)13-2-4-14(19)5-3-13/h2-5,12,15H,6-11H2,1H3,(H,23,25). The van der Waals surface area contributed by atoms with Crippen molar-refractivity contribution in [3.8, 4) is 0 Å². The van der Waals surface area contributed by atoms with Gasteiger partial charge in [-0.05, 0) is 30.5 Å². The molecule has 1 aliphatic rings. The lowest BCUT2D eigenvalue weighted by Crippen LogP contribution is -2.45. The first-order valence-electron chi connectivity index (χ1n) is 8.36. The summed E-state index contributed by atoms with van der Waals surface area (Å²) < 4.78 is 45.0. The fourth-order valence-corrected chi connectivity index (χ4v) is 2.98. The summed E-state index contributed by atoms with van der Waals surface area (Å²) >= 11 is 5.72. The summed E-state index contributed by atoms with van der Waals surface area (Å²) in [5.41, 5.74) is -1.07. The topological polar surface area (TPSA) is 41.6 Å². The molecule has 1 amide bonds. The Morgan fingerprint density at radius 3 is 2.46 bits per heavy atom. The zero-order chi connectivity index (χ0) is 19.2. The van der Waals surface area contributed by atoms with Crippen LogP contribution in [0.4, 0.5) is 13.2 Å². The van der Waals surface area contributed by atoms with Crippen LogP contribution < -0.4 is 5.32 Å². The van der Waals surface area contributed by atoms with Gasteiger partial charge in [-0.15, -0.1) is 0 Å². The fourth-order valence-electron chi connectivity index (χ4n) is 2.85. The minimum atomic E-state index is -4.63. The second-order valence-electron chi connectivity index (χ2n) is 6.18. The number of methoxy groups -OCH3 is 1. The van der Waals surface area contributed by atoms with Gasteiger partial charge < -0.3 is 15.0 Å². The maximum absolute atomic E-state index is 13.3. The van der Waals surface area contributed by atoms with Crippen LogP contribution in [0.2, 0.25) is 5.02 Å². The summed E-state index contributed by atoms with van der Waals surface area (Å²) in [6, 6.07) is 5.11. The molecule has 1 aliphatic heterocycles. The lowest BCUT2D eigenvalue weighted by atomic mass is 10.0. The quantitative estimate of drug-likeness (QED) is 0.756. The molecule has 8 heteroatoms. The molecule has 0 unspecified atom stereocenters. The molecule has 1 N–H and O–H groups in total. The van der Waals surface area contributed by atoms with Crippen molar-refractivity contribution in [2.75, 3.05) is 33.4 Å². The van der Waals surface area contributed by atoms with Crippen molar-refractivity contribution in [2.45, 2.75) is 25.1 Å². The van der Waals surface area contributed by atoms with Crippen molar-refractivity contribution in [2.24, 2.45) is 0 Å². The van der Waals surface area contributed by atoms with Gasteiger partial charge in [-0.2, -0.15) is 13.2 Å². The Balaban J connectivity index is 1.99. The average Bonchev–Trinajstić information content (AvgIpc) is 2.59. The highest BCUT2D eigenvalue weighted by Gasteiger charge is 2.35. The Labute approximate surface area is 155 Å². The van der Waals surface area contributed by atoms with E-state index in [-0.39, 0.29) is 11.6 Å². The monoisotopic (exact) mass is 390 g/mol. The van der Waals surface area contributed by atoms with E-state index in [0.717, 1.165) is 19.6 Å². The smallest absolute Gasteiger partial charge is 0.383 e. The van der Waals surface area contributed by atoms with Gasteiger partial charge in [-0.25, -0.2) is 0 Å².